The summed E-state index contributed by atoms with van der Waals surface area (Å²) in [6, 6.07) is 7.72. The Morgan fingerprint density at radius 3 is 2.81 bits per heavy atom. The van der Waals surface area contributed by atoms with Gasteiger partial charge < -0.3 is 16.0 Å². The molecule has 1 saturated heterocycles. The summed E-state index contributed by atoms with van der Waals surface area (Å²) in [5.41, 5.74) is 7.48. The molecule has 1 aromatic rings. The van der Waals surface area contributed by atoms with E-state index < -0.39 is 0 Å². The van der Waals surface area contributed by atoms with Crippen molar-refractivity contribution in [2.24, 2.45) is 11.7 Å². The van der Waals surface area contributed by atoms with E-state index in [1.807, 2.05) is 24.3 Å². The highest BCUT2D eigenvalue weighted by atomic mass is 16.1. The summed E-state index contributed by atoms with van der Waals surface area (Å²) < 4.78 is 0. The highest BCUT2D eigenvalue weighted by Crippen LogP contribution is 2.16. The van der Waals surface area contributed by atoms with Crippen LogP contribution in [0.25, 0.3) is 0 Å². The van der Waals surface area contributed by atoms with Crippen LogP contribution in [0.15, 0.2) is 24.3 Å². The molecule has 0 spiro atoms. The number of hydrogen-bond acceptors (Lipinski definition) is 3. The van der Waals surface area contributed by atoms with E-state index in [1.165, 1.54) is 25.9 Å². The Kier molecular flexibility index (Phi) is 6.21. The summed E-state index contributed by atoms with van der Waals surface area (Å²) in [4.78, 5) is 14.4. The first-order valence-electron chi connectivity index (χ1n) is 7.98. The number of rotatable bonds is 6. The number of nitrogens with zero attached hydrogens (tertiary/aromatic N) is 1. The number of likely N-dealkylation sites (tertiary alicyclic amines) is 1. The van der Waals surface area contributed by atoms with E-state index >= 15 is 0 Å². The number of carbonyl (C=O) groups excluding carboxylic acids is 1. The van der Waals surface area contributed by atoms with Crippen LogP contribution in [0, 0.1) is 5.92 Å². The summed E-state index contributed by atoms with van der Waals surface area (Å²) in [6.07, 6.45) is 4.15. The Morgan fingerprint density at radius 2 is 2.14 bits per heavy atom. The summed E-state index contributed by atoms with van der Waals surface area (Å²) in [5, 5.41) is 2.94. The summed E-state index contributed by atoms with van der Waals surface area (Å²) >= 11 is 0. The van der Waals surface area contributed by atoms with Crippen molar-refractivity contribution < 1.29 is 4.79 Å². The van der Waals surface area contributed by atoms with Gasteiger partial charge in [0, 0.05) is 25.2 Å². The van der Waals surface area contributed by atoms with Gasteiger partial charge in [-0.3, -0.25) is 4.79 Å². The molecule has 1 aliphatic heterocycles. The fourth-order valence-electron chi connectivity index (χ4n) is 2.90. The standard InChI is InChI=1S/C17H27N3O/c1-14-4-2-10-20(13-14)11-3-5-17(21)19-16-8-6-15(12-18)7-9-16/h6-9,14H,2-5,10-13,18H2,1H3,(H,19,21). The number of amides is 1. The zero-order valence-corrected chi connectivity index (χ0v) is 13.0. The first-order chi connectivity index (χ1) is 10.2. The van der Waals surface area contributed by atoms with Gasteiger partial charge in [-0.1, -0.05) is 19.1 Å². The summed E-state index contributed by atoms with van der Waals surface area (Å²) in [5.74, 6) is 0.897. The van der Waals surface area contributed by atoms with Gasteiger partial charge in [-0.25, -0.2) is 0 Å². The lowest BCUT2D eigenvalue weighted by molar-refractivity contribution is -0.116. The lowest BCUT2D eigenvalue weighted by Crippen LogP contribution is -2.35. The topological polar surface area (TPSA) is 58.4 Å². The van der Waals surface area contributed by atoms with Crippen molar-refractivity contribution >= 4 is 11.6 Å². The number of benzene rings is 1. The third-order valence-corrected chi connectivity index (χ3v) is 4.09. The van der Waals surface area contributed by atoms with E-state index in [0.29, 0.717) is 13.0 Å². The van der Waals surface area contributed by atoms with E-state index in [1.54, 1.807) is 0 Å². The highest BCUT2D eigenvalue weighted by Gasteiger charge is 2.15. The molecular weight excluding hydrogens is 262 g/mol. The van der Waals surface area contributed by atoms with Crippen LogP contribution in [-0.2, 0) is 11.3 Å². The molecule has 1 atom stereocenters. The van der Waals surface area contributed by atoms with Crippen LogP contribution >= 0.6 is 0 Å². The van der Waals surface area contributed by atoms with Gasteiger partial charge >= 0.3 is 0 Å². The molecule has 0 aliphatic carbocycles. The first kappa shape index (κ1) is 16.0. The molecule has 1 unspecified atom stereocenters. The van der Waals surface area contributed by atoms with E-state index in [0.717, 1.165) is 30.1 Å². The lowest BCUT2D eigenvalue weighted by atomic mass is 10.0. The van der Waals surface area contributed by atoms with Crippen molar-refractivity contribution in [1.29, 1.82) is 0 Å². The predicted molar refractivity (Wildman–Crippen MR) is 87.0 cm³/mol. The van der Waals surface area contributed by atoms with Gasteiger partial charge in [0.05, 0.1) is 0 Å². The molecule has 0 aromatic heterocycles. The third-order valence-electron chi connectivity index (χ3n) is 4.09. The molecule has 1 heterocycles. The zero-order valence-electron chi connectivity index (χ0n) is 13.0. The SMILES string of the molecule is CC1CCCN(CCCC(=O)Nc2ccc(CN)cc2)C1. The van der Waals surface area contributed by atoms with Gasteiger partial charge in [0.25, 0.3) is 0 Å². The molecule has 1 fully saturated rings. The van der Waals surface area contributed by atoms with Crippen LogP contribution in [0.3, 0.4) is 0 Å². The van der Waals surface area contributed by atoms with Gasteiger partial charge in [-0.15, -0.1) is 0 Å². The minimum absolute atomic E-state index is 0.0977. The molecule has 4 nitrogen and oxygen atoms in total. The van der Waals surface area contributed by atoms with Crippen LogP contribution in [0.5, 0.6) is 0 Å². The summed E-state index contributed by atoms with van der Waals surface area (Å²) in [7, 11) is 0. The van der Waals surface area contributed by atoms with Crippen LogP contribution < -0.4 is 11.1 Å². The Bertz CT molecular complexity index is 444. The lowest BCUT2D eigenvalue weighted by Gasteiger charge is -2.30. The van der Waals surface area contributed by atoms with Gasteiger partial charge in [-0.2, -0.15) is 0 Å². The maximum absolute atomic E-state index is 11.9. The molecule has 1 aromatic carbocycles. The number of carbonyl (C=O) groups is 1. The maximum atomic E-state index is 11.9. The van der Waals surface area contributed by atoms with Crippen LogP contribution in [0.2, 0.25) is 0 Å². The molecule has 1 amide bonds. The van der Waals surface area contributed by atoms with Crippen molar-refractivity contribution in [3.63, 3.8) is 0 Å². The van der Waals surface area contributed by atoms with Gasteiger partial charge in [0.1, 0.15) is 0 Å². The molecule has 0 radical (unpaired) electrons. The van der Waals surface area contributed by atoms with Crippen molar-refractivity contribution in [3.05, 3.63) is 29.8 Å². The van der Waals surface area contributed by atoms with Crippen molar-refractivity contribution in [2.45, 2.75) is 39.2 Å². The Hall–Kier alpha value is -1.39. The molecule has 116 valence electrons. The molecular formula is C17H27N3O. The fraction of sp³-hybridized carbons (Fsp3) is 0.588. The van der Waals surface area contributed by atoms with Crippen molar-refractivity contribution in [3.8, 4) is 0 Å². The van der Waals surface area contributed by atoms with Gasteiger partial charge in [0.15, 0.2) is 0 Å². The smallest absolute Gasteiger partial charge is 0.224 e. The predicted octanol–water partition coefficient (Wildman–Crippen LogP) is 2.60. The molecule has 3 N–H and O–H groups in total. The van der Waals surface area contributed by atoms with Gasteiger partial charge in [-0.05, 0) is 56.0 Å². The monoisotopic (exact) mass is 289 g/mol. The fourth-order valence-corrected chi connectivity index (χ4v) is 2.90. The van der Waals surface area contributed by atoms with Crippen molar-refractivity contribution in [1.82, 2.24) is 4.90 Å². The average molecular weight is 289 g/mol. The molecule has 2 rings (SSSR count). The van der Waals surface area contributed by atoms with E-state index in [-0.39, 0.29) is 5.91 Å². The Labute approximate surface area is 127 Å². The maximum Gasteiger partial charge on any atom is 0.224 e. The normalized spacial score (nSPS) is 19.4. The molecule has 0 saturated carbocycles. The number of anilines is 1. The largest absolute Gasteiger partial charge is 0.326 e. The quantitative estimate of drug-likeness (QED) is 0.846. The highest BCUT2D eigenvalue weighted by molar-refractivity contribution is 5.90. The van der Waals surface area contributed by atoms with Gasteiger partial charge in [0.2, 0.25) is 5.91 Å². The molecule has 21 heavy (non-hydrogen) atoms. The average Bonchev–Trinajstić information content (AvgIpc) is 2.48. The van der Waals surface area contributed by atoms with E-state index in [4.69, 9.17) is 5.73 Å². The second-order valence-electron chi connectivity index (χ2n) is 6.10. The number of piperidine rings is 1. The first-order valence-corrected chi connectivity index (χ1v) is 7.98. The number of hydrogen-bond donors (Lipinski definition) is 2. The van der Waals surface area contributed by atoms with Crippen LogP contribution in [0.4, 0.5) is 5.69 Å². The second-order valence-corrected chi connectivity index (χ2v) is 6.10. The Balaban J connectivity index is 1.67. The number of nitrogens with two attached hydrogens (primary N) is 1. The minimum atomic E-state index is 0.0977. The molecule has 0 bridgehead atoms. The van der Waals surface area contributed by atoms with Crippen molar-refractivity contribution in [2.75, 3.05) is 25.0 Å². The Morgan fingerprint density at radius 1 is 1.38 bits per heavy atom. The third kappa shape index (κ3) is 5.48. The minimum Gasteiger partial charge on any atom is -0.326 e. The van der Waals surface area contributed by atoms with Crippen LogP contribution in [0.1, 0.15) is 38.2 Å². The zero-order chi connectivity index (χ0) is 15.1. The van der Waals surface area contributed by atoms with E-state index in [2.05, 4.69) is 17.1 Å². The second kappa shape index (κ2) is 8.15. The number of nitrogens with one attached hydrogen (secondary N) is 1. The summed E-state index contributed by atoms with van der Waals surface area (Å²) in [6.45, 7) is 6.24. The molecule has 1 aliphatic rings. The molecule has 4 heteroatoms. The van der Waals surface area contributed by atoms with Crippen LogP contribution in [-0.4, -0.2) is 30.4 Å². The van der Waals surface area contributed by atoms with E-state index in [9.17, 15) is 4.79 Å².